The first kappa shape index (κ1) is 15.2. The van der Waals surface area contributed by atoms with Crippen LogP contribution in [0.3, 0.4) is 0 Å². The lowest BCUT2D eigenvalue weighted by molar-refractivity contribution is -0.142. The summed E-state index contributed by atoms with van der Waals surface area (Å²) in [6.45, 7) is 2.13. The number of nitrogens with one attached hydrogen (secondary N) is 1. The Balaban J connectivity index is 2.53. The molecule has 2 atom stereocenters. The standard InChI is InChI=1S/C12H19N3O4/c1-9(15-7-4-6-13-15)11(16)14-10(12(17)18)5-3-8-19-2/h4,6-7,9-10H,3,5,8H2,1-2H3,(H,14,16)(H,17,18). The molecular formula is C12H19N3O4. The SMILES string of the molecule is COCCCC(NC(=O)C(C)n1cccn1)C(=O)O. The van der Waals surface area contributed by atoms with E-state index in [1.807, 2.05) is 0 Å². The van der Waals surface area contributed by atoms with Crippen LogP contribution in [0.15, 0.2) is 18.5 Å². The van der Waals surface area contributed by atoms with Gasteiger partial charge in [-0.15, -0.1) is 0 Å². The molecule has 1 aromatic heterocycles. The molecule has 0 saturated carbocycles. The Hall–Kier alpha value is -1.89. The monoisotopic (exact) mass is 269 g/mol. The molecule has 0 aliphatic heterocycles. The topological polar surface area (TPSA) is 93.5 Å². The van der Waals surface area contributed by atoms with Crippen LogP contribution in [0.2, 0.25) is 0 Å². The van der Waals surface area contributed by atoms with Gasteiger partial charge in [-0.2, -0.15) is 5.10 Å². The molecular weight excluding hydrogens is 250 g/mol. The fraction of sp³-hybridized carbons (Fsp3) is 0.583. The molecule has 0 aliphatic carbocycles. The van der Waals surface area contributed by atoms with Gasteiger partial charge < -0.3 is 15.2 Å². The number of amides is 1. The molecule has 19 heavy (non-hydrogen) atoms. The highest BCUT2D eigenvalue weighted by Gasteiger charge is 2.23. The van der Waals surface area contributed by atoms with E-state index in [0.29, 0.717) is 19.4 Å². The lowest BCUT2D eigenvalue weighted by Crippen LogP contribution is -2.43. The third-order valence-corrected chi connectivity index (χ3v) is 2.76. The Morgan fingerprint density at radius 3 is 2.79 bits per heavy atom. The van der Waals surface area contributed by atoms with Gasteiger partial charge in [0, 0.05) is 26.1 Å². The van der Waals surface area contributed by atoms with Crippen molar-refractivity contribution in [1.82, 2.24) is 15.1 Å². The normalized spacial score (nSPS) is 13.8. The maximum absolute atomic E-state index is 11.9. The minimum atomic E-state index is -1.04. The number of hydrogen-bond donors (Lipinski definition) is 2. The molecule has 1 heterocycles. The van der Waals surface area contributed by atoms with Gasteiger partial charge in [-0.1, -0.05) is 0 Å². The highest BCUT2D eigenvalue weighted by molar-refractivity contribution is 5.85. The fourth-order valence-electron chi connectivity index (χ4n) is 1.61. The van der Waals surface area contributed by atoms with Crippen molar-refractivity contribution in [3.05, 3.63) is 18.5 Å². The van der Waals surface area contributed by atoms with Gasteiger partial charge in [0.2, 0.25) is 5.91 Å². The number of ether oxygens (including phenoxy) is 1. The molecule has 0 aromatic carbocycles. The van der Waals surface area contributed by atoms with Gasteiger partial charge in [-0.3, -0.25) is 9.48 Å². The highest BCUT2D eigenvalue weighted by atomic mass is 16.5. The summed E-state index contributed by atoms with van der Waals surface area (Å²) >= 11 is 0. The Bertz CT molecular complexity index is 405. The van der Waals surface area contributed by atoms with Crippen LogP contribution >= 0.6 is 0 Å². The van der Waals surface area contributed by atoms with Crippen LogP contribution < -0.4 is 5.32 Å². The third kappa shape index (κ3) is 4.70. The molecule has 0 aliphatic rings. The van der Waals surface area contributed by atoms with Gasteiger partial charge >= 0.3 is 5.97 Å². The van der Waals surface area contributed by atoms with E-state index in [1.165, 1.54) is 4.68 Å². The van der Waals surface area contributed by atoms with Gasteiger partial charge in [0.05, 0.1) is 0 Å². The number of nitrogens with zero attached hydrogens (tertiary/aromatic N) is 2. The van der Waals surface area contributed by atoms with Gasteiger partial charge in [-0.05, 0) is 25.8 Å². The van der Waals surface area contributed by atoms with Crippen molar-refractivity contribution >= 4 is 11.9 Å². The zero-order valence-corrected chi connectivity index (χ0v) is 11.1. The van der Waals surface area contributed by atoms with Crippen LogP contribution in [0.1, 0.15) is 25.8 Å². The summed E-state index contributed by atoms with van der Waals surface area (Å²) in [5.74, 6) is -1.41. The second kappa shape index (κ2) is 7.52. The van der Waals surface area contributed by atoms with Crippen LogP contribution in [0, 0.1) is 0 Å². The number of aliphatic carboxylic acids is 1. The maximum Gasteiger partial charge on any atom is 0.326 e. The molecule has 1 aromatic rings. The summed E-state index contributed by atoms with van der Waals surface area (Å²) < 4.78 is 6.34. The van der Waals surface area contributed by atoms with Gasteiger partial charge in [0.1, 0.15) is 12.1 Å². The van der Waals surface area contributed by atoms with Crippen LogP contribution in [0.25, 0.3) is 0 Å². The quantitative estimate of drug-likeness (QED) is 0.668. The average molecular weight is 269 g/mol. The molecule has 1 amide bonds. The van der Waals surface area contributed by atoms with Crippen molar-refractivity contribution in [3.63, 3.8) is 0 Å². The molecule has 7 nitrogen and oxygen atoms in total. The van der Waals surface area contributed by atoms with Crippen LogP contribution in [-0.2, 0) is 14.3 Å². The minimum absolute atomic E-state index is 0.334. The molecule has 7 heteroatoms. The van der Waals surface area contributed by atoms with Gasteiger partial charge in [0.25, 0.3) is 0 Å². The summed E-state index contributed by atoms with van der Waals surface area (Å²) in [6.07, 6.45) is 4.13. The number of carbonyl (C=O) groups is 2. The van der Waals surface area contributed by atoms with Crippen molar-refractivity contribution in [2.24, 2.45) is 0 Å². The Morgan fingerprint density at radius 2 is 2.26 bits per heavy atom. The molecule has 0 radical (unpaired) electrons. The fourth-order valence-corrected chi connectivity index (χ4v) is 1.61. The van der Waals surface area contributed by atoms with E-state index in [9.17, 15) is 9.59 Å². The van der Waals surface area contributed by atoms with Crippen LogP contribution in [0.5, 0.6) is 0 Å². The number of carboxylic acid groups (broad SMARTS) is 1. The summed E-state index contributed by atoms with van der Waals surface area (Å²) in [5.41, 5.74) is 0. The van der Waals surface area contributed by atoms with E-state index in [4.69, 9.17) is 9.84 Å². The number of hydrogen-bond acceptors (Lipinski definition) is 4. The third-order valence-electron chi connectivity index (χ3n) is 2.76. The van der Waals surface area contributed by atoms with Crippen LogP contribution in [0.4, 0.5) is 0 Å². The summed E-state index contributed by atoms with van der Waals surface area (Å²) in [5, 5.41) is 15.5. The molecule has 106 valence electrons. The number of rotatable bonds is 8. The van der Waals surface area contributed by atoms with Crippen molar-refractivity contribution in [1.29, 1.82) is 0 Å². The molecule has 2 unspecified atom stereocenters. The number of carbonyl (C=O) groups excluding carboxylic acids is 1. The number of aromatic nitrogens is 2. The van der Waals surface area contributed by atoms with E-state index in [-0.39, 0.29) is 5.91 Å². The lowest BCUT2D eigenvalue weighted by Gasteiger charge is -2.18. The molecule has 2 N–H and O–H groups in total. The Labute approximate surface area is 111 Å². The lowest BCUT2D eigenvalue weighted by atomic mass is 10.1. The summed E-state index contributed by atoms with van der Waals surface area (Å²) in [6, 6.07) is 0.261. The molecule has 0 saturated heterocycles. The Kier molecular flexibility index (Phi) is 6.01. The first-order valence-electron chi connectivity index (χ1n) is 6.07. The highest BCUT2D eigenvalue weighted by Crippen LogP contribution is 2.06. The molecule has 0 spiro atoms. The van der Waals surface area contributed by atoms with E-state index < -0.39 is 18.1 Å². The van der Waals surface area contributed by atoms with Crippen LogP contribution in [-0.4, -0.2) is 46.5 Å². The maximum atomic E-state index is 11.9. The first-order valence-corrected chi connectivity index (χ1v) is 6.07. The largest absolute Gasteiger partial charge is 0.480 e. The van der Waals surface area contributed by atoms with Crippen molar-refractivity contribution in [2.75, 3.05) is 13.7 Å². The minimum Gasteiger partial charge on any atom is -0.480 e. The average Bonchev–Trinajstić information content (AvgIpc) is 2.90. The summed E-state index contributed by atoms with van der Waals surface area (Å²) in [7, 11) is 1.55. The second-order valence-corrected chi connectivity index (χ2v) is 4.20. The molecule has 0 bridgehead atoms. The van der Waals surface area contributed by atoms with E-state index in [0.717, 1.165) is 0 Å². The van der Waals surface area contributed by atoms with Crippen molar-refractivity contribution in [3.8, 4) is 0 Å². The van der Waals surface area contributed by atoms with E-state index >= 15 is 0 Å². The predicted octanol–water partition coefficient (Wildman–Crippen LogP) is 0.440. The zero-order valence-electron chi connectivity index (χ0n) is 11.1. The van der Waals surface area contributed by atoms with Gasteiger partial charge in [0.15, 0.2) is 0 Å². The smallest absolute Gasteiger partial charge is 0.326 e. The zero-order chi connectivity index (χ0) is 14.3. The number of methoxy groups -OCH3 is 1. The molecule has 0 fully saturated rings. The van der Waals surface area contributed by atoms with E-state index in [1.54, 1.807) is 32.5 Å². The van der Waals surface area contributed by atoms with Crippen molar-refractivity contribution < 1.29 is 19.4 Å². The molecule has 1 rings (SSSR count). The predicted molar refractivity (Wildman–Crippen MR) is 67.6 cm³/mol. The first-order chi connectivity index (χ1) is 9.06. The van der Waals surface area contributed by atoms with Crippen molar-refractivity contribution in [2.45, 2.75) is 31.8 Å². The number of carboxylic acids is 1. The second-order valence-electron chi connectivity index (χ2n) is 4.20. The van der Waals surface area contributed by atoms with E-state index in [2.05, 4.69) is 10.4 Å². The Morgan fingerprint density at radius 1 is 1.53 bits per heavy atom. The summed E-state index contributed by atoms with van der Waals surface area (Å²) in [4.78, 5) is 23.0. The van der Waals surface area contributed by atoms with Gasteiger partial charge in [-0.25, -0.2) is 4.79 Å².